The number of rotatable bonds is 7. The van der Waals surface area contributed by atoms with Crippen molar-refractivity contribution in [3.05, 3.63) is 16.0 Å². The molecule has 1 aliphatic heterocycles. The Labute approximate surface area is 140 Å². The molecule has 0 aliphatic carbocycles. The average molecular weight is 362 g/mol. The molecule has 1 aromatic rings. The van der Waals surface area contributed by atoms with Crippen molar-refractivity contribution in [2.24, 2.45) is 0 Å². The zero-order chi connectivity index (χ0) is 17.2. The highest BCUT2D eigenvalue weighted by molar-refractivity contribution is 7.91. The number of thiophene rings is 1. The fraction of sp³-hybridized carbons (Fsp3) is 0.643. The molecule has 2 N–H and O–H groups in total. The Morgan fingerprint density at radius 2 is 2.17 bits per heavy atom. The van der Waals surface area contributed by atoms with E-state index >= 15 is 0 Å². The summed E-state index contributed by atoms with van der Waals surface area (Å²) in [6.45, 7) is 5.14. The number of fused-ring (bicyclic) bond motifs is 1. The summed E-state index contributed by atoms with van der Waals surface area (Å²) in [5.41, 5.74) is 0.588. The fourth-order valence-corrected chi connectivity index (χ4v) is 6.25. The van der Waals surface area contributed by atoms with E-state index in [0.717, 1.165) is 16.2 Å². The topological polar surface area (TPSA) is 95.9 Å². The van der Waals surface area contributed by atoms with Crippen LogP contribution in [0.15, 0.2) is 4.21 Å². The summed E-state index contributed by atoms with van der Waals surface area (Å²) in [6.07, 6.45) is 0.530. The zero-order valence-electron chi connectivity index (χ0n) is 13.5. The Morgan fingerprint density at radius 3 is 2.74 bits per heavy atom. The summed E-state index contributed by atoms with van der Waals surface area (Å²) in [7, 11) is -2.38. The molecule has 0 bridgehead atoms. The Bertz CT molecular complexity index is 682. The van der Waals surface area contributed by atoms with Crippen molar-refractivity contribution < 1.29 is 23.1 Å². The largest absolute Gasteiger partial charge is 0.478 e. The molecule has 7 nitrogen and oxygen atoms in total. The Hall–Kier alpha value is -1.00. The van der Waals surface area contributed by atoms with Crippen LogP contribution in [0.1, 0.15) is 34.6 Å². The lowest BCUT2D eigenvalue weighted by molar-refractivity contribution is 0.0692. The van der Waals surface area contributed by atoms with Crippen molar-refractivity contribution in [1.29, 1.82) is 0 Å². The van der Waals surface area contributed by atoms with Gasteiger partial charge in [0.2, 0.25) is 0 Å². The summed E-state index contributed by atoms with van der Waals surface area (Å²) in [5, 5.41) is 12.7. The van der Waals surface area contributed by atoms with E-state index in [2.05, 4.69) is 5.32 Å². The monoisotopic (exact) mass is 362 g/mol. The van der Waals surface area contributed by atoms with E-state index in [9.17, 15) is 18.3 Å². The van der Waals surface area contributed by atoms with Crippen LogP contribution in [0.25, 0.3) is 0 Å². The predicted molar refractivity (Wildman–Crippen MR) is 87.6 cm³/mol. The molecule has 0 radical (unpaired) electrons. The third-order valence-electron chi connectivity index (χ3n) is 3.74. The van der Waals surface area contributed by atoms with E-state index in [1.54, 1.807) is 13.8 Å². The first-order valence-electron chi connectivity index (χ1n) is 7.40. The van der Waals surface area contributed by atoms with Crippen molar-refractivity contribution in [3.8, 4) is 0 Å². The molecular weight excluding hydrogens is 340 g/mol. The number of nitrogens with zero attached hydrogens (tertiary/aromatic N) is 1. The number of carboxylic acids is 1. The van der Waals surface area contributed by atoms with E-state index in [1.165, 1.54) is 11.4 Å². The van der Waals surface area contributed by atoms with Gasteiger partial charge in [-0.2, -0.15) is 4.31 Å². The third kappa shape index (κ3) is 3.58. The van der Waals surface area contributed by atoms with Crippen molar-refractivity contribution in [3.63, 3.8) is 0 Å². The number of ether oxygens (including phenoxy) is 1. The Morgan fingerprint density at radius 1 is 1.48 bits per heavy atom. The number of carbonyl (C=O) groups is 1. The lowest BCUT2D eigenvalue weighted by Crippen LogP contribution is -2.39. The van der Waals surface area contributed by atoms with Crippen molar-refractivity contribution >= 4 is 27.3 Å². The predicted octanol–water partition coefficient (Wildman–Crippen LogP) is 1.14. The second-order valence-electron chi connectivity index (χ2n) is 5.60. The van der Waals surface area contributed by atoms with Crippen LogP contribution in [0.4, 0.5) is 0 Å². The van der Waals surface area contributed by atoms with E-state index in [0.29, 0.717) is 25.1 Å². The molecule has 2 rings (SSSR count). The van der Waals surface area contributed by atoms with Crippen molar-refractivity contribution in [2.75, 3.05) is 26.8 Å². The zero-order valence-corrected chi connectivity index (χ0v) is 15.1. The van der Waals surface area contributed by atoms with Crippen LogP contribution in [0.5, 0.6) is 0 Å². The smallest absolute Gasteiger partial charge is 0.338 e. The quantitative estimate of drug-likeness (QED) is 0.755. The van der Waals surface area contributed by atoms with Gasteiger partial charge in [-0.05, 0) is 32.4 Å². The first kappa shape index (κ1) is 18.3. The van der Waals surface area contributed by atoms with Crippen molar-refractivity contribution in [2.45, 2.75) is 37.1 Å². The molecule has 130 valence electrons. The van der Waals surface area contributed by atoms with E-state index < -0.39 is 16.0 Å². The van der Waals surface area contributed by atoms with Gasteiger partial charge in [-0.25, -0.2) is 13.2 Å². The summed E-state index contributed by atoms with van der Waals surface area (Å²) in [5.74, 6) is -1.18. The van der Waals surface area contributed by atoms with E-state index in [-0.39, 0.29) is 29.0 Å². The summed E-state index contributed by atoms with van der Waals surface area (Å²) in [6, 6.07) is -0.283. The molecule has 1 aliphatic rings. The Balaban J connectivity index is 2.54. The molecule has 0 unspecified atom stereocenters. The molecule has 2 heterocycles. The lowest BCUT2D eigenvalue weighted by Gasteiger charge is -2.25. The molecule has 9 heteroatoms. The number of hydrogen-bond donors (Lipinski definition) is 2. The van der Waals surface area contributed by atoms with Crippen LogP contribution in [0.2, 0.25) is 0 Å². The number of nitrogens with one attached hydrogen (secondary N) is 1. The van der Waals surface area contributed by atoms with E-state index in [1.807, 2.05) is 0 Å². The molecule has 0 saturated carbocycles. The maximum absolute atomic E-state index is 13.0. The molecule has 0 fully saturated rings. The third-order valence-corrected chi connectivity index (χ3v) is 7.55. The van der Waals surface area contributed by atoms with Crippen LogP contribution in [0.3, 0.4) is 0 Å². The van der Waals surface area contributed by atoms with Crippen LogP contribution in [-0.2, 0) is 27.7 Å². The molecule has 1 aromatic heterocycles. The summed E-state index contributed by atoms with van der Waals surface area (Å²) >= 11 is 1.06. The van der Waals surface area contributed by atoms with Crippen LogP contribution in [0, 0.1) is 0 Å². The molecular formula is C14H22N2O5S2. The van der Waals surface area contributed by atoms with Gasteiger partial charge >= 0.3 is 5.97 Å². The van der Waals surface area contributed by atoms with Gasteiger partial charge in [0.1, 0.15) is 4.21 Å². The second-order valence-corrected chi connectivity index (χ2v) is 8.79. The highest BCUT2D eigenvalue weighted by Crippen LogP contribution is 2.36. The van der Waals surface area contributed by atoms with E-state index in [4.69, 9.17) is 4.74 Å². The molecule has 23 heavy (non-hydrogen) atoms. The van der Waals surface area contributed by atoms with Gasteiger partial charge in [-0.3, -0.25) is 0 Å². The highest BCUT2D eigenvalue weighted by Gasteiger charge is 2.36. The SMILES string of the molecule is COCCN(C(C)C)S(=O)(=O)c1sc2c(c1C(=O)O)CCNC2. The van der Waals surface area contributed by atoms with Gasteiger partial charge in [0.05, 0.1) is 12.2 Å². The van der Waals surface area contributed by atoms with Crippen LogP contribution >= 0.6 is 11.3 Å². The standard InChI is InChI=1S/C14H22N2O5S2/c1-9(2)16(6-7-21-3)23(19,20)14-12(13(17)18)10-4-5-15-8-11(10)22-14/h9,15H,4-8H2,1-3H3,(H,17,18). The number of aromatic carboxylic acids is 1. The molecule has 0 aromatic carbocycles. The van der Waals surface area contributed by atoms with Crippen LogP contribution in [-0.4, -0.2) is 56.6 Å². The molecule has 0 atom stereocenters. The number of hydrogen-bond acceptors (Lipinski definition) is 6. The number of sulfonamides is 1. The number of carboxylic acid groups (broad SMARTS) is 1. The highest BCUT2D eigenvalue weighted by atomic mass is 32.2. The average Bonchev–Trinajstić information content (AvgIpc) is 2.87. The maximum atomic E-state index is 13.0. The minimum atomic E-state index is -3.88. The van der Waals surface area contributed by atoms with Gasteiger partial charge in [-0.15, -0.1) is 11.3 Å². The minimum Gasteiger partial charge on any atom is -0.478 e. The van der Waals surface area contributed by atoms with Gasteiger partial charge in [-0.1, -0.05) is 0 Å². The van der Waals surface area contributed by atoms with Gasteiger partial charge < -0.3 is 15.2 Å². The van der Waals surface area contributed by atoms with Gasteiger partial charge in [0, 0.05) is 31.1 Å². The first-order chi connectivity index (χ1) is 10.8. The van der Waals surface area contributed by atoms with Gasteiger partial charge in [0.25, 0.3) is 10.0 Å². The maximum Gasteiger partial charge on any atom is 0.338 e. The number of methoxy groups -OCH3 is 1. The summed E-state index contributed by atoms with van der Waals surface area (Å²) in [4.78, 5) is 12.5. The second kappa shape index (κ2) is 7.27. The van der Waals surface area contributed by atoms with Crippen LogP contribution < -0.4 is 5.32 Å². The molecule has 0 spiro atoms. The molecule has 0 saturated heterocycles. The van der Waals surface area contributed by atoms with Crippen molar-refractivity contribution in [1.82, 2.24) is 9.62 Å². The molecule has 0 amide bonds. The van der Waals surface area contributed by atoms with Gasteiger partial charge in [0.15, 0.2) is 0 Å². The Kier molecular flexibility index (Phi) is 5.79. The minimum absolute atomic E-state index is 0.0606. The lowest BCUT2D eigenvalue weighted by atomic mass is 10.1. The summed E-state index contributed by atoms with van der Waals surface area (Å²) < 4.78 is 32.3. The fourth-order valence-electron chi connectivity index (χ4n) is 2.65. The normalized spacial score (nSPS) is 15.2. The first-order valence-corrected chi connectivity index (χ1v) is 9.65.